The van der Waals surface area contributed by atoms with Gasteiger partial charge in [0.25, 0.3) is 0 Å². The van der Waals surface area contributed by atoms with Crippen LogP contribution in [0.15, 0.2) is 22.7 Å². The van der Waals surface area contributed by atoms with E-state index in [1.165, 1.54) is 0 Å². The second-order valence-corrected chi connectivity index (χ2v) is 5.30. The molecule has 100 valence electrons. The Labute approximate surface area is 115 Å². The highest BCUT2D eigenvalue weighted by molar-refractivity contribution is 9.10. The number of anilines is 1. The molecule has 1 aromatic rings. The molecule has 0 aliphatic heterocycles. The van der Waals surface area contributed by atoms with E-state index in [1.54, 1.807) is 25.3 Å². The van der Waals surface area contributed by atoms with Crippen molar-refractivity contribution in [2.75, 3.05) is 19.0 Å². The van der Waals surface area contributed by atoms with Crippen LogP contribution in [0.2, 0.25) is 0 Å². The lowest BCUT2D eigenvalue weighted by atomic mass is 10.0. The van der Waals surface area contributed by atoms with Gasteiger partial charge < -0.3 is 15.2 Å². The number of carboxylic acids is 1. The van der Waals surface area contributed by atoms with Crippen molar-refractivity contribution in [1.82, 2.24) is 0 Å². The van der Waals surface area contributed by atoms with Crippen LogP contribution < -0.4 is 5.32 Å². The summed E-state index contributed by atoms with van der Waals surface area (Å²) in [5, 5.41) is 12.2. The first-order valence-electron chi connectivity index (χ1n) is 5.74. The number of carboxylic acid groups (broad SMARTS) is 1. The van der Waals surface area contributed by atoms with Crippen molar-refractivity contribution in [2.24, 2.45) is 5.92 Å². The van der Waals surface area contributed by atoms with Crippen molar-refractivity contribution in [3.63, 3.8) is 0 Å². The van der Waals surface area contributed by atoms with Gasteiger partial charge in [-0.2, -0.15) is 0 Å². The third-order valence-corrected chi connectivity index (χ3v) is 3.36. The van der Waals surface area contributed by atoms with Gasteiger partial charge in [-0.3, -0.25) is 0 Å². The largest absolute Gasteiger partial charge is 0.478 e. The second-order valence-electron chi connectivity index (χ2n) is 4.45. The maximum absolute atomic E-state index is 10.8. The summed E-state index contributed by atoms with van der Waals surface area (Å²) in [4.78, 5) is 10.8. The summed E-state index contributed by atoms with van der Waals surface area (Å²) in [5.74, 6) is -0.518. The smallest absolute Gasteiger partial charge is 0.335 e. The normalized spacial score (nSPS) is 12.5. The molecule has 1 unspecified atom stereocenters. The molecule has 0 saturated heterocycles. The molecule has 1 aromatic carbocycles. The standard InChI is InChI=1S/C13H18BrNO3/c1-8(2)12(7-18-3)15-11-5-4-9(13(16)17)6-10(11)14/h4-6,8,12,15H,7H2,1-3H3,(H,16,17). The summed E-state index contributed by atoms with van der Waals surface area (Å²) in [6, 6.07) is 5.12. The fourth-order valence-corrected chi connectivity index (χ4v) is 2.04. The fraction of sp³-hybridized carbons (Fsp3) is 0.462. The van der Waals surface area contributed by atoms with Gasteiger partial charge >= 0.3 is 5.97 Å². The van der Waals surface area contributed by atoms with Gasteiger partial charge in [-0.15, -0.1) is 0 Å². The molecular weight excluding hydrogens is 298 g/mol. The Morgan fingerprint density at radius 2 is 2.17 bits per heavy atom. The Kier molecular flexibility index (Phi) is 5.62. The minimum atomic E-state index is -0.931. The highest BCUT2D eigenvalue weighted by atomic mass is 79.9. The lowest BCUT2D eigenvalue weighted by Crippen LogP contribution is -2.30. The maximum Gasteiger partial charge on any atom is 0.335 e. The molecule has 5 heteroatoms. The Morgan fingerprint density at radius 3 is 2.61 bits per heavy atom. The van der Waals surface area contributed by atoms with Gasteiger partial charge in [0.05, 0.1) is 18.2 Å². The zero-order chi connectivity index (χ0) is 13.7. The predicted octanol–water partition coefficient (Wildman–Crippen LogP) is 3.23. The summed E-state index contributed by atoms with van der Waals surface area (Å²) >= 11 is 3.38. The maximum atomic E-state index is 10.8. The zero-order valence-electron chi connectivity index (χ0n) is 10.7. The monoisotopic (exact) mass is 315 g/mol. The van der Waals surface area contributed by atoms with Gasteiger partial charge in [0.2, 0.25) is 0 Å². The molecule has 0 fully saturated rings. The van der Waals surface area contributed by atoms with Crippen molar-refractivity contribution < 1.29 is 14.6 Å². The van der Waals surface area contributed by atoms with Crippen LogP contribution in [0, 0.1) is 5.92 Å². The molecule has 0 aliphatic rings. The number of halogens is 1. The van der Waals surface area contributed by atoms with Crippen LogP contribution in [0.3, 0.4) is 0 Å². The molecule has 0 aromatic heterocycles. The number of nitrogens with one attached hydrogen (secondary N) is 1. The summed E-state index contributed by atoms with van der Waals surface area (Å²) < 4.78 is 5.91. The van der Waals surface area contributed by atoms with Crippen LogP contribution in [0.1, 0.15) is 24.2 Å². The summed E-state index contributed by atoms with van der Waals surface area (Å²) in [7, 11) is 1.67. The first-order valence-corrected chi connectivity index (χ1v) is 6.53. The van der Waals surface area contributed by atoms with Gasteiger partial charge in [0.1, 0.15) is 0 Å². The van der Waals surface area contributed by atoms with Crippen LogP contribution in [0.25, 0.3) is 0 Å². The number of benzene rings is 1. The Morgan fingerprint density at radius 1 is 1.50 bits per heavy atom. The van der Waals surface area contributed by atoms with Crippen LogP contribution in [0.4, 0.5) is 5.69 Å². The summed E-state index contributed by atoms with van der Waals surface area (Å²) in [5.41, 5.74) is 1.14. The molecule has 18 heavy (non-hydrogen) atoms. The molecule has 0 radical (unpaired) electrons. The number of aromatic carboxylic acids is 1. The van der Waals surface area contributed by atoms with E-state index >= 15 is 0 Å². The highest BCUT2D eigenvalue weighted by Gasteiger charge is 2.15. The second kappa shape index (κ2) is 6.75. The first-order chi connectivity index (χ1) is 8.45. The number of methoxy groups -OCH3 is 1. The molecular formula is C13H18BrNO3. The van der Waals surface area contributed by atoms with Crippen LogP contribution in [-0.4, -0.2) is 30.8 Å². The van der Waals surface area contributed by atoms with E-state index in [4.69, 9.17) is 9.84 Å². The average molecular weight is 316 g/mol. The molecule has 0 aliphatic carbocycles. The third-order valence-electron chi connectivity index (χ3n) is 2.71. The molecule has 1 atom stereocenters. The summed E-state index contributed by atoms with van der Waals surface area (Å²) in [6.45, 7) is 4.82. The van der Waals surface area contributed by atoms with E-state index < -0.39 is 5.97 Å². The minimum Gasteiger partial charge on any atom is -0.478 e. The Hall–Kier alpha value is -1.07. The van der Waals surface area contributed by atoms with Crippen molar-refractivity contribution in [2.45, 2.75) is 19.9 Å². The molecule has 0 bridgehead atoms. The molecule has 0 amide bonds. The molecule has 1 rings (SSSR count). The predicted molar refractivity (Wildman–Crippen MR) is 75.2 cm³/mol. The van der Waals surface area contributed by atoms with Crippen LogP contribution >= 0.6 is 15.9 Å². The topological polar surface area (TPSA) is 58.6 Å². The Bertz CT molecular complexity index is 421. The summed E-state index contributed by atoms with van der Waals surface area (Å²) in [6.07, 6.45) is 0. The Balaban J connectivity index is 2.86. The third kappa shape index (κ3) is 3.99. The van der Waals surface area contributed by atoms with E-state index in [1.807, 2.05) is 0 Å². The van der Waals surface area contributed by atoms with Gasteiger partial charge in [0, 0.05) is 17.3 Å². The zero-order valence-corrected chi connectivity index (χ0v) is 12.3. The fourth-order valence-electron chi connectivity index (χ4n) is 1.55. The molecule has 0 spiro atoms. The van der Waals surface area contributed by atoms with Gasteiger partial charge in [-0.1, -0.05) is 13.8 Å². The van der Waals surface area contributed by atoms with E-state index in [0.717, 1.165) is 10.2 Å². The SMILES string of the molecule is COCC(Nc1ccc(C(=O)O)cc1Br)C(C)C. The average Bonchev–Trinajstić information content (AvgIpc) is 2.30. The van der Waals surface area contributed by atoms with Crippen molar-refractivity contribution in [3.8, 4) is 0 Å². The number of hydrogen-bond acceptors (Lipinski definition) is 3. The minimum absolute atomic E-state index is 0.182. The highest BCUT2D eigenvalue weighted by Crippen LogP contribution is 2.25. The first kappa shape index (κ1) is 15.0. The van der Waals surface area contributed by atoms with E-state index in [-0.39, 0.29) is 11.6 Å². The number of rotatable bonds is 6. The van der Waals surface area contributed by atoms with E-state index in [2.05, 4.69) is 35.1 Å². The van der Waals surface area contributed by atoms with Crippen molar-refractivity contribution >= 4 is 27.6 Å². The molecule has 0 heterocycles. The van der Waals surface area contributed by atoms with Gasteiger partial charge in [-0.05, 0) is 40.0 Å². The molecule has 2 N–H and O–H groups in total. The molecule has 4 nitrogen and oxygen atoms in total. The van der Waals surface area contributed by atoms with Gasteiger partial charge in [-0.25, -0.2) is 4.79 Å². The van der Waals surface area contributed by atoms with E-state index in [9.17, 15) is 4.79 Å². The van der Waals surface area contributed by atoms with Gasteiger partial charge in [0.15, 0.2) is 0 Å². The van der Waals surface area contributed by atoms with Crippen LogP contribution in [-0.2, 0) is 4.74 Å². The number of carbonyl (C=O) groups is 1. The number of hydrogen-bond donors (Lipinski definition) is 2. The molecule has 0 saturated carbocycles. The quantitative estimate of drug-likeness (QED) is 0.846. The van der Waals surface area contributed by atoms with Crippen LogP contribution in [0.5, 0.6) is 0 Å². The van der Waals surface area contributed by atoms with E-state index in [0.29, 0.717) is 12.5 Å². The lowest BCUT2D eigenvalue weighted by molar-refractivity contribution is 0.0697. The number of ether oxygens (including phenoxy) is 1. The lowest BCUT2D eigenvalue weighted by Gasteiger charge is -2.23. The van der Waals surface area contributed by atoms with Crippen molar-refractivity contribution in [3.05, 3.63) is 28.2 Å². The van der Waals surface area contributed by atoms with Crippen molar-refractivity contribution in [1.29, 1.82) is 0 Å².